The third kappa shape index (κ3) is 6.21. The molecular formula is C23H31ClN6OS. The first kappa shape index (κ1) is 23.0. The number of aromatic nitrogens is 2. The van der Waals surface area contributed by atoms with Gasteiger partial charge >= 0.3 is 0 Å². The number of rotatable bonds is 5. The molecule has 0 saturated carbocycles. The van der Waals surface area contributed by atoms with Crippen LogP contribution >= 0.6 is 23.8 Å². The topological polar surface area (TPSA) is 65.6 Å². The summed E-state index contributed by atoms with van der Waals surface area (Å²) in [7, 11) is 0. The van der Waals surface area contributed by atoms with E-state index in [1.165, 1.54) is 6.42 Å². The van der Waals surface area contributed by atoms with Crippen molar-refractivity contribution >= 4 is 46.5 Å². The van der Waals surface area contributed by atoms with Gasteiger partial charge in [0.15, 0.2) is 5.11 Å². The van der Waals surface area contributed by atoms with Crippen molar-refractivity contribution in [3.8, 4) is 0 Å². The van der Waals surface area contributed by atoms with Crippen molar-refractivity contribution < 1.29 is 4.74 Å². The Hall–Kier alpha value is -2.16. The molecule has 9 heteroatoms. The zero-order chi connectivity index (χ0) is 22.5. The van der Waals surface area contributed by atoms with Gasteiger partial charge in [-0.3, -0.25) is 0 Å². The predicted octanol–water partition coefficient (Wildman–Crippen LogP) is 3.94. The minimum atomic E-state index is 0.491. The molecule has 1 aromatic carbocycles. The maximum atomic E-state index is 5.97. The molecule has 2 aliphatic rings. The fourth-order valence-corrected chi connectivity index (χ4v) is 4.66. The van der Waals surface area contributed by atoms with Crippen LogP contribution in [0.25, 0.3) is 0 Å². The normalized spacial score (nSPS) is 21.3. The van der Waals surface area contributed by atoms with Gasteiger partial charge in [0.05, 0.1) is 13.2 Å². The highest BCUT2D eigenvalue weighted by Gasteiger charge is 2.25. The Morgan fingerprint density at radius 2 is 1.69 bits per heavy atom. The number of morpholine rings is 1. The molecule has 172 valence electrons. The summed E-state index contributed by atoms with van der Waals surface area (Å²) in [6.07, 6.45) is 1.25. The van der Waals surface area contributed by atoms with Gasteiger partial charge in [-0.1, -0.05) is 37.6 Å². The maximum absolute atomic E-state index is 5.97. The first-order valence-electron chi connectivity index (χ1n) is 11.2. The molecule has 7 nitrogen and oxygen atoms in total. The first-order chi connectivity index (χ1) is 15.5. The number of halogens is 1. The average molecular weight is 475 g/mol. The standard InChI is InChI=1S/C23H31ClN6OS/c1-16-11-17(2)15-30(14-16)21-12-20(29-7-9-31-10-8-29)26-22(27-21)28-23(32)25-13-18-3-5-19(24)6-4-18/h3-6,12,16-17H,7-11,13-15H2,1-2H3,(H2,25,26,27,28,32)/t16-,17-/m1/s1. The van der Waals surface area contributed by atoms with Crippen molar-refractivity contribution in [2.24, 2.45) is 11.8 Å². The lowest BCUT2D eigenvalue weighted by Crippen LogP contribution is -2.40. The number of ether oxygens (including phenoxy) is 1. The van der Waals surface area contributed by atoms with Crippen molar-refractivity contribution in [2.75, 3.05) is 54.5 Å². The van der Waals surface area contributed by atoms with E-state index < -0.39 is 0 Å². The Morgan fingerprint density at radius 1 is 1.06 bits per heavy atom. The molecule has 2 N–H and O–H groups in total. The molecule has 3 heterocycles. The van der Waals surface area contributed by atoms with Gasteiger partial charge in [0, 0.05) is 43.8 Å². The third-order valence-corrected chi connectivity index (χ3v) is 6.32. The fraction of sp³-hybridized carbons (Fsp3) is 0.522. The molecule has 0 bridgehead atoms. The number of nitrogens with one attached hydrogen (secondary N) is 2. The summed E-state index contributed by atoms with van der Waals surface area (Å²) in [5, 5.41) is 7.63. The van der Waals surface area contributed by atoms with E-state index in [1.807, 2.05) is 24.3 Å². The van der Waals surface area contributed by atoms with E-state index in [0.29, 0.717) is 42.7 Å². The number of hydrogen-bond donors (Lipinski definition) is 2. The molecule has 0 amide bonds. The predicted molar refractivity (Wildman–Crippen MR) is 135 cm³/mol. The number of benzene rings is 1. The maximum Gasteiger partial charge on any atom is 0.232 e. The lowest BCUT2D eigenvalue weighted by atomic mass is 9.92. The minimum absolute atomic E-state index is 0.491. The highest BCUT2D eigenvalue weighted by Crippen LogP contribution is 2.28. The molecule has 2 fully saturated rings. The summed E-state index contributed by atoms with van der Waals surface area (Å²) in [4.78, 5) is 14.2. The number of hydrogen-bond acceptors (Lipinski definition) is 6. The van der Waals surface area contributed by atoms with Gasteiger partial charge in [-0.05, 0) is 48.2 Å². The quantitative estimate of drug-likeness (QED) is 0.632. The highest BCUT2D eigenvalue weighted by molar-refractivity contribution is 7.80. The van der Waals surface area contributed by atoms with Crippen LogP contribution in [0.4, 0.5) is 17.6 Å². The second-order valence-electron chi connectivity index (χ2n) is 8.79. The molecular weight excluding hydrogens is 444 g/mol. The Morgan fingerprint density at radius 3 is 2.34 bits per heavy atom. The molecule has 2 aliphatic heterocycles. The molecule has 2 aromatic rings. The smallest absolute Gasteiger partial charge is 0.232 e. The van der Waals surface area contributed by atoms with Crippen molar-refractivity contribution in [3.05, 3.63) is 40.9 Å². The lowest BCUT2D eigenvalue weighted by Gasteiger charge is -2.36. The number of piperidine rings is 1. The van der Waals surface area contributed by atoms with Crippen LogP contribution in [0.15, 0.2) is 30.3 Å². The van der Waals surface area contributed by atoms with Crippen LogP contribution in [0, 0.1) is 11.8 Å². The second-order valence-corrected chi connectivity index (χ2v) is 9.64. The molecule has 0 unspecified atom stereocenters. The van der Waals surface area contributed by atoms with Crippen molar-refractivity contribution in [3.63, 3.8) is 0 Å². The zero-order valence-electron chi connectivity index (χ0n) is 18.7. The Bertz CT molecular complexity index is 911. The monoisotopic (exact) mass is 474 g/mol. The van der Waals surface area contributed by atoms with Crippen molar-refractivity contribution in [1.29, 1.82) is 0 Å². The first-order valence-corrected chi connectivity index (χ1v) is 12.0. The molecule has 0 radical (unpaired) electrons. The van der Waals surface area contributed by atoms with E-state index in [9.17, 15) is 0 Å². The van der Waals surface area contributed by atoms with E-state index in [1.54, 1.807) is 0 Å². The molecule has 2 atom stereocenters. The SMILES string of the molecule is C[C@@H]1C[C@@H](C)CN(c2cc(N3CCOCC3)nc(NC(=S)NCc3ccc(Cl)cc3)n2)C1. The third-order valence-electron chi connectivity index (χ3n) is 5.82. The summed E-state index contributed by atoms with van der Waals surface area (Å²) >= 11 is 11.5. The molecule has 0 aliphatic carbocycles. The number of anilines is 3. The van der Waals surface area contributed by atoms with E-state index in [0.717, 1.165) is 48.4 Å². The molecule has 0 spiro atoms. The van der Waals surface area contributed by atoms with E-state index in [-0.39, 0.29) is 0 Å². The van der Waals surface area contributed by atoms with Gasteiger partial charge in [-0.15, -0.1) is 0 Å². The molecule has 4 rings (SSSR count). The summed E-state index contributed by atoms with van der Waals surface area (Å²) in [6, 6.07) is 9.80. The van der Waals surface area contributed by atoms with Gasteiger partial charge < -0.3 is 25.2 Å². The van der Waals surface area contributed by atoms with E-state index >= 15 is 0 Å². The van der Waals surface area contributed by atoms with E-state index in [2.05, 4.69) is 40.3 Å². The van der Waals surface area contributed by atoms with Crippen molar-refractivity contribution in [2.45, 2.75) is 26.8 Å². The Balaban J connectivity index is 1.50. The van der Waals surface area contributed by atoms with Crippen LogP contribution in [0.5, 0.6) is 0 Å². The van der Waals surface area contributed by atoms with Gasteiger partial charge in [0.2, 0.25) is 5.95 Å². The summed E-state index contributed by atoms with van der Waals surface area (Å²) in [5.74, 6) is 3.65. The summed E-state index contributed by atoms with van der Waals surface area (Å²) < 4.78 is 5.52. The average Bonchev–Trinajstić information content (AvgIpc) is 2.78. The molecule has 1 aromatic heterocycles. The largest absolute Gasteiger partial charge is 0.378 e. The minimum Gasteiger partial charge on any atom is -0.378 e. The summed E-state index contributed by atoms with van der Waals surface area (Å²) in [6.45, 7) is 10.3. The van der Waals surface area contributed by atoms with Crippen LogP contribution < -0.4 is 20.4 Å². The Labute approximate surface area is 200 Å². The Kier molecular flexibility index (Phi) is 7.65. The van der Waals surface area contributed by atoms with Crippen LogP contribution in [0.1, 0.15) is 25.8 Å². The van der Waals surface area contributed by atoms with Gasteiger partial charge in [0.25, 0.3) is 0 Å². The van der Waals surface area contributed by atoms with Gasteiger partial charge in [-0.25, -0.2) is 0 Å². The van der Waals surface area contributed by atoms with Crippen LogP contribution in [-0.2, 0) is 11.3 Å². The molecule has 32 heavy (non-hydrogen) atoms. The van der Waals surface area contributed by atoms with Crippen LogP contribution in [0.2, 0.25) is 5.02 Å². The lowest BCUT2D eigenvalue weighted by molar-refractivity contribution is 0.122. The van der Waals surface area contributed by atoms with Crippen molar-refractivity contribution in [1.82, 2.24) is 15.3 Å². The zero-order valence-corrected chi connectivity index (χ0v) is 20.3. The van der Waals surface area contributed by atoms with Crippen LogP contribution in [-0.4, -0.2) is 54.5 Å². The molecule has 2 saturated heterocycles. The second kappa shape index (κ2) is 10.6. The van der Waals surface area contributed by atoms with Crippen LogP contribution in [0.3, 0.4) is 0 Å². The van der Waals surface area contributed by atoms with Gasteiger partial charge in [0.1, 0.15) is 11.6 Å². The number of nitrogens with zero attached hydrogens (tertiary/aromatic N) is 4. The number of thiocarbonyl (C=S) groups is 1. The fourth-order valence-electron chi connectivity index (χ4n) is 4.37. The summed E-state index contributed by atoms with van der Waals surface area (Å²) in [5.41, 5.74) is 1.10. The van der Waals surface area contributed by atoms with E-state index in [4.69, 9.17) is 38.5 Å². The van der Waals surface area contributed by atoms with Gasteiger partial charge in [-0.2, -0.15) is 9.97 Å². The highest BCUT2D eigenvalue weighted by atomic mass is 35.5.